The largest absolute Gasteiger partial charge is 0.512 e. The summed E-state index contributed by atoms with van der Waals surface area (Å²) in [6.07, 6.45) is 3.87. The number of aliphatic hydroxyl groups is 2. The highest BCUT2D eigenvalue weighted by Gasteiger charge is 2.54. The number of carbonyl (C=O) groups excluding carboxylic acids is 2. The van der Waals surface area contributed by atoms with Gasteiger partial charge in [-0.25, -0.2) is 0 Å². The first kappa shape index (κ1) is 39.3. The first-order valence-corrected chi connectivity index (χ1v) is 19.6. The van der Waals surface area contributed by atoms with Gasteiger partial charge in [0, 0.05) is 66.4 Å². The minimum Gasteiger partial charge on any atom is -0.512 e. The molecule has 3 aliphatic carbocycles. The molecule has 1 saturated heterocycles. The quantitative estimate of drug-likeness (QED) is 0.0942. The molecule has 3 aromatic carbocycles. The van der Waals surface area contributed by atoms with Crippen LogP contribution in [0.2, 0.25) is 0 Å². The number of hydrogen-bond acceptors (Lipinski definition) is 10. The highest BCUT2D eigenvalue weighted by atomic mass is 16.7. The molecule has 296 valence electrons. The fourth-order valence-corrected chi connectivity index (χ4v) is 9.23. The van der Waals surface area contributed by atoms with Crippen molar-refractivity contribution in [2.24, 2.45) is 28.2 Å². The Kier molecular flexibility index (Phi) is 11.1. The van der Waals surface area contributed by atoms with E-state index in [1.807, 2.05) is 73.7 Å². The van der Waals surface area contributed by atoms with Crippen LogP contribution in [-0.2, 0) is 22.6 Å². The Morgan fingerprint density at radius 3 is 2.62 bits per heavy atom. The van der Waals surface area contributed by atoms with E-state index in [1.54, 1.807) is 7.11 Å². The number of allylic oxidation sites excluding steroid dienone is 2. The zero-order chi connectivity index (χ0) is 39.9. The third-order valence-electron chi connectivity index (χ3n) is 12.5. The minimum atomic E-state index is -0.974. The number of para-hydroxylation sites is 2. The predicted octanol–water partition coefficient (Wildman–Crippen LogP) is 6.38. The van der Waals surface area contributed by atoms with Crippen molar-refractivity contribution in [1.82, 2.24) is 10.4 Å². The Balaban J connectivity index is 1.13. The molecular weight excluding hydrogens is 707 g/mol. The maximum atomic E-state index is 14.0. The lowest BCUT2D eigenvalue weighted by atomic mass is 9.45. The molecule has 2 aliphatic heterocycles. The molecule has 0 spiro atoms. The van der Waals surface area contributed by atoms with E-state index in [1.165, 1.54) is 29.5 Å². The van der Waals surface area contributed by atoms with Crippen LogP contribution in [0.15, 0.2) is 89.1 Å². The summed E-state index contributed by atoms with van der Waals surface area (Å²) < 4.78 is 6.06. The fraction of sp³-hybridized carbons (Fsp3) is 0.444. The molecule has 0 aromatic heterocycles. The molecule has 0 radical (unpaired) electrons. The lowest BCUT2D eigenvalue weighted by molar-refractivity contribution is -0.179. The number of carbonyl (C=O) groups is 2. The molecule has 2 bridgehead atoms. The second-order valence-corrected chi connectivity index (χ2v) is 16.5. The second-order valence-electron chi connectivity index (χ2n) is 16.5. The topological polar surface area (TPSA) is 136 Å². The number of Topliss-reactive ketones (excluding diaryl/α,β-unsaturated/α-hetero) is 1. The molecule has 4 fully saturated rings. The monoisotopic (exact) mass is 761 g/mol. The third-order valence-corrected chi connectivity index (χ3v) is 12.5. The van der Waals surface area contributed by atoms with Crippen LogP contribution >= 0.6 is 0 Å². The molecule has 3 saturated carbocycles. The zero-order valence-electron chi connectivity index (χ0n) is 33.3. The summed E-state index contributed by atoms with van der Waals surface area (Å²) in [5, 5.41) is 29.2. The number of aliphatic hydroxyl groups excluding tert-OH is 2. The molecule has 5 aliphatic rings. The number of fused-ring (bicyclic) bond motifs is 3. The summed E-state index contributed by atoms with van der Waals surface area (Å²) in [7, 11) is 5.46. The van der Waals surface area contributed by atoms with Gasteiger partial charge in [0.15, 0.2) is 5.78 Å². The molecule has 56 heavy (non-hydrogen) atoms. The number of ether oxygens (including phenoxy) is 1. The number of benzene rings is 3. The van der Waals surface area contributed by atoms with Crippen molar-refractivity contribution in [2.75, 3.05) is 51.1 Å². The molecule has 11 nitrogen and oxygen atoms in total. The Morgan fingerprint density at radius 2 is 1.93 bits per heavy atom. The van der Waals surface area contributed by atoms with Gasteiger partial charge >= 0.3 is 0 Å². The lowest BCUT2D eigenvalue weighted by Gasteiger charge is -2.59. The number of nitrogens with one attached hydrogen (secondary N) is 2. The van der Waals surface area contributed by atoms with Gasteiger partial charge in [-0.2, -0.15) is 5.06 Å². The number of amides is 1. The van der Waals surface area contributed by atoms with E-state index >= 15 is 0 Å². The highest BCUT2D eigenvalue weighted by molar-refractivity contribution is 5.97. The number of nitrogens with zero attached hydrogens (tertiary/aromatic N) is 3. The lowest BCUT2D eigenvalue weighted by Crippen LogP contribution is -2.52. The normalized spacial score (nSPS) is 26.2. The van der Waals surface area contributed by atoms with Crippen molar-refractivity contribution < 1.29 is 29.4 Å². The van der Waals surface area contributed by atoms with Crippen LogP contribution < -0.4 is 20.3 Å². The van der Waals surface area contributed by atoms with Crippen molar-refractivity contribution in [1.29, 1.82) is 0 Å². The fourth-order valence-electron chi connectivity index (χ4n) is 9.23. The number of rotatable bonds is 12. The number of methoxy groups -OCH3 is 1. The van der Waals surface area contributed by atoms with Crippen LogP contribution in [0.3, 0.4) is 0 Å². The molecule has 6 atom stereocenters. The average Bonchev–Trinajstić information content (AvgIpc) is 3.56. The smallest absolute Gasteiger partial charge is 0.251 e. The first-order chi connectivity index (χ1) is 26.8. The number of hydrogen-bond donors (Lipinski definition) is 4. The highest BCUT2D eigenvalue weighted by Crippen LogP contribution is 2.62. The van der Waals surface area contributed by atoms with Gasteiger partial charge in [0.2, 0.25) is 0 Å². The Labute approximate surface area is 330 Å². The summed E-state index contributed by atoms with van der Waals surface area (Å²) in [6, 6.07) is 18.6. The van der Waals surface area contributed by atoms with Crippen LogP contribution in [0.1, 0.15) is 55.1 Å². The third kappa shape index (κ3) is 7.47. The number of ketones is 1. The van der Waals surface area contributed by atoms with Gasteiger partial charge in [0.05, 0.1) is 38.6 Å². The van der Waals surface area contributed by atoms with E-state index < -0.39 is 18.8 Å². The van der Waals surface area contributed by atoms with Gasteiger partial charge in [-0.3, -0.25) is 19.4 Å². The van der Waals surface area contributed by atoms with Gasteiger partial charge in [-0.1, -0.05) is 62.4 Å². The van der Waals surface area contributed by atoms with Crippen LogP contribution in [0.25, 0.3) is 11.1 Å². The molecule has 1 amide bonds. The molecule has 4 N–H and O–H groups in total. The van der Waals surface area contributed by atoms with Crippen LogP contribution in [-0.4, -0.2) is 92.3 Å². The van der Waals surface area contributed by atoms with E-state index in [0.29, 0.717) is 40.8 Å². The number of aliphatic imine (C=N–C) groups is 1. The molecule has 3 aromatic rings. The van der Waals surface area contributed by atoms with Gasteiger partial charge in [-0.15, -0.1) is 0 Å². The molecule has 2 heterocycles. The summed E-state index contributed by atoms with van der Waals surface area (Å²) in [5.41, 5.74) is 7.65. The van der Waals surface area contributed by atoms with Gasteiger partial charge < -0.3 is 30.5 Å². The predicted molar refractivity (Wildman–Crippen MR) is 220 cm³/mol. The van der Waals surface area contributed by atoms with Crippen molar-refractivity contribution in [3.63, 3.8) is 0 Å². The Hall–Kier alpha value is -4.97. The first-order valence-electron chi connectivity index (χ1n) is 19.6. The van der Waals surface area contributed by atoms with E-state index in [-0.39, 0.29) is 47.9 Å². The van der Waals surface area contributed by atoms with E-state index in [9.17, 15) is 19.8 Å². The molecule has 3 unspecified atom stereocenters. The van der Waals surface area contributed by atoms with Crippen molar-refractivity contribution in [3.05, 3.63) is 101 Å². The summed E-state index contributed by atoms with van der Waals surface area (Å²) in [5.74, 6) is 1.28. The van der Waals surface area contributed by atoms with Crippen molar-refractivity contribution in [3.8, 4) is 16.9 Å². The maximum Gasteiger partial charge on any atom is 0.251 e. The maximum absolute atomic E-state index is 14.0. The summed E-state index contributed by atoms with van der Waals surface area (Å²) >= 11 is 0. The van der Waals surface area contributed by atoms with E-state index in [2.05, 4.69) is 48.2 Å². The number of hydroxylamine groups is 2. The standard InChI is InChI=1S/C45H55N5O6/c1-26-32(16-33-20-37(26)45(33,3)4)21-46-23-39(53)42-41(27(2)52)40(25-51)56-50(42)24-29-12-10-13-36(43(29)55-7)30-15-31(19-35(18-30)49(5)6)44(54)48-34-17-28-11-8-9-14-38(28)47-22-34/h8-15,18-19,21,32-34,37,40,42,47,51-52H,1,16-17,20,22-25H2,2-7H3,(H,48,54)/b41-27+,46-21?/t32?,33?,34?,37-,40-,42+/m0/s1. The van der Waals surface area contributed by atoms with Gasteiger partial charge in [0.1, 0.15) is 17.9 Å². The SMILES string of the molecule is C=C1C(C=NCC(=O)[C@@H]2/C(=C(\C)O)[C@H](CO)ON2Cc2cccc(-c3cc(C(=O)NC4CNc5ccccc5C4)cc(N(C)C)c3)c2OC)CC2C[C@@H]1C2(C)C. The van der Waals surface area contributed by atoms with Crippen LogP contribution in [0.5, 0.6) is 5.75 Å². The summed E-state index contributed by atoms with van der Waals surface area (Å²) in [4.78, 5) is 40.6. The molecule has 11 heteroatoms. The number of anilines is 2. The summed E-state index contributed by atoms with van der Waals surface area (Å²) in [6.45, 7) is 10.7. The average molecular weight is 762 g/mol. The second kappa shape index (κ2) is 15.9. The van der Waals surface area contributed by atoms with Crippen LogP contribution in [0, 0.1) is 23.2 Å². The Bertz CT molecular complexity index is 2070. The van der Waals surface area contributed by atoms with Crippen molar-refractivity contribution >= 4 is 29.3 Å². The van der Waals surface area contributed by atoms with E-state index in [4.69, 9.17) is 9.57 Å². The van der Waals surface area contributed by atoms with E-state index in [0.717, 1.165) is 35.3 Å². The van der Waals surface area contributed by atoms with Crippen LogP contribution in [0.4, 0.5) is 11.4 Å². The molecular formula is C45H55N5O6. The van der Waals surface area contributed by atoms with Gasteiger partial charge in [0.25, 0.3) is 5.91 Å². The van der Waals surface area contributed by atoms with Crippen molar-refractivity contribution in [2.45, 2.75) is 64.8 Å². The molecule has 8 rings (SSSR count). The zero-order valence-corrected chi connectivity index (χ0v) is 33.3. The van der Waals surface area contributed by atoms with Gasteiger partial charge in [-0.05, 0) is 78.8 Å². The minimum absolute atomic E-state index is 0.0718. The Morgan fingerprint density at radius 1 is 1.14 bits per heavy atom.